The number of ether oxygens (including phenoxy) is 2. The van der Waals surface area contributed by atoms with Gasteiger partial charge in [-0.1, -0.05) is 35.9 Å². The Kier molecular flexibility index (Phi) is 5.01. The lowest BCUT2D eigenvalue weighted by Gasteiger charge is -2.35. The van der Waals surface area contributed by atoms with Crippen molar-refractivity contribution in [2.45, 2.75) is 24.8 Å². The van der Waals surface area contributed by atoms with E-state index in [0.29, 0.717) is 40.9 Å². The first-order chi connectivity index (χ1) is 15.5. The van der Waals surface area contributed by atoms with Crippen LogP contribution < -0.4 is 20.5 Å². The third kappa shape index (κ3) is 3.27. The van der Waals surface area contributed by atoms with E-state index >= 15 is 0 Å². The highest BCUT2D eigenvalue weighted by molar-refractivity contribution is 6.31. The molecule has 2 aromatic carbocycles. The van der Waals surface area contributed by atoms with Gasteiger partial charge < -0.3 is 20.5 Å². The summed E-state index contributed by atoms with van der Waals surface area (Å²) >= 11 is 6.52. The van der Waals surface area contributed by atoms with E-state index < -0.39 is 6.04 Å². The van der Waals surface area contributed by atoms with Crippen molar-refractivity contribution in [3.05, 3.63) is 69.9 Å². The molecular formula is C23H22ClN5O3. The van der Waals surface area contributed by atoms with Crippen molar-refractivity contribution < 1.29 is 14.3 Å². The van der Waals surface area contributed by atoms with E-state index in [4.69, 9.17) is 26.8 Å². The number of nitrogens with one attached hydrogen (secondary N) is 1. The van der Waals surface area contributed by atoms with Gasteiger partial charge in [-0.2, -0.15) is 4.98 Å². The molecule has 8 nitrogen and oxygen atoms in total. The number of nitrogens with zero attached hydrogens (tertiary/aromatic N) is 3. The number of halogens is 1. The lowest BCUT2D eigenvalue weighted by molar-refractivity contribution is -0.116. The predicted molar refractivity (Wildman–Crippen MR) is 121 cm³/mol. The number of fused-ring (bicyclic) bond motifs is 1. The Morgan fingerprint density at radius 2 is 1.91 bits per heavy atom. The standard InChI is InChI=1S/C23H22ClN5O3/c1-31-18-8-7-12(11-19(18)32-2)13-9-16-20(17(30)10-13)21(14-5-3-4-6-15(14)24)29-23(26-16)27-22(25)28-29/h3-8,11,13,21H,9-10H2,1-2H3,(H3,25,26,27,28). The molecule has 32 heavy (non-hydrogen) atoms. The molecule has 0 saturated heterocycles. The number of ketones is 1. The van der Waals surface area contributed by atoms with Gasteiger partial charge in [0.2, 0.25) is 11.9 Å². The fourth-order valence-electron chi connectivity index (χ4n) is 4.56. The molecule has 5 rings (SSSR count). The topological polar surface area (TPSA) is 104 Å². The van der Waals surface area contributed by atoms with E-state index in [1.54, 1.807) is 25.0 Å². The van der Waals surface area contributed by atoms with Crippen LogP contribution in [0.25, 0.3) is 0 Å². The van der Waals surface area contributed by atoms with Crippen LogP contribution in [-0.4, -0.2) is 34.8 Å². The molecule has 3 N–H and O–H groups in total. The van der Waals surface area contributed by atoms with E-state index in [1.165, 1.54) is 0 Å². The summed E-state index contributed by atoms with van der Waals surface area (Å²) in [7, 11) is 3.20. The molecule has 2 heterocycles. The number of carbonyl (C=O) groups excluding carboxylic acids is 1. The Morgan fingerprint density at radius 1 is 1.12 bits per heavy atom. The highest BCUT2D eigenvalue weighted by Crippen LogP contribution is 2.46. The molecule has 2 aliphatic rings. The first-order valence-corrected chi connectivity index (χ1v) is 10.6. The smallest absolute Gasteiger partial charge is 0.241 e. The van der Waals surface area contributed by atoms with Gasteiger partial charge >= 0.3 is 0 Å². The molecule has 1 aliphatic heterocycles. The zero-order chi connectivity index (χ0) is 22.4. The molecule has 1 aromatic heterocycles. The van der Waals surface area contributed by atoms with Gasteiger partial charge in [-0.3, -0.25) is 4.79 Å². The first-order valence-electron chi connectivity index (χ1n) is 10.2. The maximum atomic E-state index is 13.5. The van der Waals surface area contributed by atoms with Gasteiger partial charge in [0.25, 0.3) is 0 Å². The molecular weight excluding hydrogens is 430 g/mol. The van der Waals surface area contributed by atoms with Crippen LogP contribution in [0.4, 0.5) is 11.9 Å². The minimum absolute atomic E-state index is 0.0210. The van der Waals surface area contributed by atoms with Crippen molar-refractivity contribution in [3.63, 3.8) is 0 Å². The molecule has 0 amide bonds. The van der Waals surface area contributed by atoms with Gasteiger partial charge in [0.05, 0.1) is 14.2 Å². The molecule has 0 saturated carbocycles. The molecule has 3 aromatic rings. The number of allylic oxidation sites excluding steroid dienone is 2. The van der Waals surface area contributed by atoms with Crippen LogP contribution in [-0.2, 0) is 4.79 Å². The van der Waals surface area contributed by atoms with Gasteiger partial charge in [-0.25, -0.2) is 4.68 Å². The normalized spacial score (nSPS) is 19.8. The number of nitrogen functional groups attached to an aromatic ring is 1. The number of Topliss-reactive ketones (excluding diaryl/α,β-unsaturated/α-hetero) is 1. The molecule has 0 spiro atoms. The number of aromatic nitrogens is 3. The summed E-state index contributed by atoms with van der Waals surface area (Å²) in [5.74, 6) is 1.92. The summed E-state index contributed by atoms with van der Waals surface area (Å²) < 4.78 is 12.4. The molecule has 0 bridgehead atoms. The van der Waals surface area contributed by atoms with Crippen LogP contribution in [0.3, 0.4) is 0 Å². The molecule has 1 aliphatic carbocycles. The number of carbonyl (C=O) groups is 1. The van der Waals surface area contributed by atoms with E-state index in [9.17, 15) is 4.79 Å². The van der Waals surface area contributed by atoms with Crippen molar-refractivity contribution >= 4 is 29.3 Å². The van der Waals surface area contributed by atoms with Gasteiger partial charge in [0.1, 0.15) is 6.04 Å². The van der Waals surface area contributed by atoms with E-state index in [-0.39, 0.29) is 17.6 Å². The summed E-state index contributed by atoms with van der Waals surface area (Å²) in [6.07, 6.45) is 0.987. The van der Waals surface area contributed by atoms with Gasteiger partial charge in [0, 0.05) is 28.3 Å². The molecule has 164 valence electrons. The van der Waals surface area contributed by atoms with Crippen LogP contribution in [0.1, 0.15) is 35.9 Å². The van der Waals surface area contributed by atoms with Crippen molar-refractivity contribution in [2.24, 2.45) is 0 Å². The second kappa shape index (κ2) is 7.87. The summed E-state index contributed by atoms with van der Waals surface area (Å²) in [4.78, 5) is 17.8. The third-order valence-corrected chi connectivity index (χ3v) is 6.36. The number of anilines is 2. The number of nitrogens with two attached hydrogens (primary N) is 1. The SMILES string of the molecule is COc1ccc(C2CC(=O)C3=C(C2)Nc2nc(N)nn2C3c2ccccc2Cl)cc1OC. The summed E-state index contributed by atoms with van der Waals surface area (Å²) in [5, 5.41) is 8.19. The Bertz CT molecular complexity index is 1250. The number of methoxy groups -OCH3 is 2. The fourth-order valence-corrected chi connectivity index (χ4v) is 4.79. The lowest BCUT2D eigenvalue weighted by atomic mass is 9.78. The van der Waals surface area contributed by atoms with Crippen molar-refractivity contribution in [3.8, 4) is 11.5 Å². The number of benzene rings is 2. The van der Waals surface area contributed by atoms with Crippen LogP contribution in [0, 0.1) is 0 Å². The van der Waals surface area contributed by atoms with Crippen molar-refractivity contribution in [1.82, 2.24) is 14.8 Å². The predicted octanol–water partition coefficient (Wildman–Crippen LogP) is 3.95. The monoisotopic (exact) mass is 451 g/mol. The Hall–Kier alpha value is -3.52. The number of hydrogen-bond donors (Lipinski definition) is 2. The van der Waals surface area contributed by atoms with Crippen molar-refractivity contribution in [1.29, 1.82) is 0 Å². The minimum Gasteiger partial charge on any atom is -0.493 e. The first kappa shape index (κ1) is 20.4. The van der Waals surface area contributed by atoms with Crippen LogP contribution >= 0.6 is 11.6 Å². The van der Waals surface area contributed by atoms with E-state index in [0.717, 1.165) is 16.8 Å². The zero-order valence-corrected chi connectivity index (χ0v) is 18.4. The summed E-state index contributed by atoms with van der Waals surface area (Å²) in [6, 6.07) is 12.7. The lowest BCUT2D eigenvalue weighted by Crippen LogP contribution is -2.33. The number of rotatable bonds is 4. The Balaban J connectivity index is 1.59. The van der Waals surface area contributed by atoms with E-state index in [1.807, 2.05) is 36.4 Å². The second-order valence-corrected chi connectivity index (χ2v) is 8.23. The van der Waals surface area contributed by atoms with Crippen molar-refractivity contribution in [2.75, 3.05) is 25.3 Å². The highest BCUT2D eigenvalue weighted by Gasteiger charge is 2.40. The fraction of sp³-hybridized carbons (Fsp3) is 0.261. The van der Waals surface area contributed by atoms with Crippen LogP contribution in [0.5, 0.6) is 11.5 Å². The molecule has 9 heteroatoms. The maximum Gasteiger partial charge on any atom is 0.241 e. The maximum absolute atomic E-state index is 13.5. The summed E-state index contributed by atoms with van der Waals surface area (Å²) in [6.45, 7) is 0. The Morgan fingerprint density at radius 3 is 2.66 bits per heavy atom. The zero-order valence-electron chi connectivity index (χ0n) is 17.6. The molecule has 2 unspecified atom stereocenters. The highest BCUT2D eigenvalue weighted by atomic mass is 35.5. The second-order valence-electron chi connectivity index (χ2n) is 7.82. The number of hydrogen-bond acceptors (Lipinski definition) is 7. The quantitative estimate of drug-likeness (QED) is 0.618. The summed E-state index contributed by atoms with van der Waals surface area (Å²) in [5.41, 5.74) is 9.14. The molecule has 2 atom stereocenters. The van der Waals surface area contributed by atoms with Crippen LogP contribution in [0.2, 0.25) is 5.02 Å². The molecule has 0 fully saturated rings. The average molecular weight is 452 g/mol. The minimum atomic E-state index is -0.487. The Labute approximate surface area is 190 Å². The van der Waals surface area contributed by atoms with Gasteiger partial charge in [-0.15, -0.1) is 5.10 Å². The third-order valence-electron chi connectivity index (χ3n) is 6.02. The molecule has 0 radical (unpaired) electrons. The largest absolute Gasteiger partial charge is 0.493 e. The average Bonchev–Trinajstić information content (AvgIpc) is 3.17. The van der Waals surface area contributed by atoms with E-state index in [2.05, 4.69) is 15.4 Å². The van der Waals surface area contributed by atoms with Gasteiger partial charge in [0.15, 0.2) is 17.3 Å². The van der Waals surface area contributed by atoms with Gasteiger partial charge in [-0.05, 0) is 36.1 Å². The van der Waals surface area contributed by atoms with Crippen LogP contribution in [0.15, 0.2) is 53.7 Å².